The second-order valence-corrected chi connectivity index (χ2v) is 12.6. The summed E-state index contributed by atoms with van der Waals surface area (Å²) in [6.45, 7) is 5.39. The van der Waals surface area contributed by atoms with E-state index in [-0.39, 0.29) is 35.5 Å². The Kier molecular flexibility index (Phi) is 11.3. The van der Waals surface area contributed by atoms with Gasteiger partial charge in [0.25, 0.3) is 10.0 Å². The van der Waals surface area contributed by atoms with Crippen LogP contribution in [0.5, 0.6) is 5.75 Å². The Hall–Kier alpha value is -4.70. The van der Waals surface area contributed by atoms with E-state index in [0.29, 0.717) is 12.4 Å². The van der Waals surface area contributed by atoms with Gasteiger partial charge in [-0.3, -0.25) is 13.9 Å². The van der Waals surface area contributed by atoms with Gasteiger partial charge < -0.3 is 15.0 Å². The molecule has 2 amide bonds. The van der Waals surface area contributed by atoms with Crippen LogP contribution < -0.4 is 14.4 Å². The highest BCUT2D eigenvalue weighted by molar-refractivity contribution is 7.92. The van der Waals surface area contributed by atoms with Crippen LogP contribution in [0.1, 0.15) is 31.9 Å². The predicted molar refractivity (Wildman–Crippen MR) is 173 cm³/mol. The minimum atomic E-state index is -4.34. The van der Waals surface area contributed by atoms with Gasteiger partial charge in [0, 0.05) is 19.0 Å². The van der Waals surface area contributed by atoms with Crippen LogP contribution in [0, 0.1) is 5.82 Å². The lowest BCUT2D eigenvalue weighted by molar-refractivity contribution is -0.140. The van der Waals surface area contributed by atoms with Gasteiger partial charge in [-0.25, -0.2) is 12.8 Å². The van der Waals surface area contributed by atoms with Crippen molar-refractivity contribution < 1.29 is 27.1 Å². The number of nitrogens with one attached hydrogen (secondary N) is 1. The van der Waals surface area contributed by atoms with Crippen molar-refractivity contribution >= 4 is 27.5 Å². The molecule has 0 aliphatic rings. The standard InChI is InChI=1S/C35H38FN3O5S/c1-4-44-31-19-17-30(18-20-31)39(45(42,43)32-21-15-29(36)16-22-32)25-34(40)38(24-28-13-9-6-10-14-28)33(35(41)37-26(2)3)23-27-11-7-5-8-12-27/h5-22,26,33H,4,23-25H2,1-3H3,(H,37,41). The summed E-state index contributed by atoms with van der Waals surface area (Å²) in [5, 5.41) is 2.93. The molecular formula is C35H38FN3O5S. The Labute approximate surface area is 264 Å². The summed E-state index contributed by atoms with van der Waals surface area (Å²) in [5.74, 6) is -0.998. The van der Waals surface area contributed by atoms with Crippen molar-refractivity contribution in [3.63, 3.8) is 0 Å². The number of sulfonamides is 1. The Morgan fingerprint density at radius 1 is 0.822 bits per heavy atom. The fourth-order valence-electron chi connectivity index (χ4n) is 4.85. The van der Waals surface area contributed by atoms with Gasteiger partial charge >= 0.3 is 0 Å². The van der Waals surface area contributed by atoms with Crippen molar-refractivity contribution in [2.75, 3.05) is 17.5 Å². The number of amides is 2. The highest BCUT2D eigenvalue weighted by Crippen LogP contribution is 2.27. The van der Waals surface area contributed by atoms with E-state index < -0.39 is 34.3 Å². The lowest BCUT2D eigenvalue weighted by Gasteiger charge is -2.34. The van der Waals surface area contributed by atoms with Crippen molar-refractivity contribution in [3.05, 3.63) is 126 Å². The molecule has 0 aromatic heterocycles. The summed E-state index contributed by atoms with van der Waals surface area (Å²) in [4.78, 5) is 29.4. The van der Waals surface area contributed by atoms with E-state index in [0.717, 1.165) is 39.7 Å². The molecule has 0 saturated carbocycles. The minimum absolute atomic E-state index is 0.0659. The quantitative estimate of drug-likeness (QED) is 0.196. The number of anilines is 1. The van der Waals surface area contributed by atoms with E-state index in [1.807, 2.05) is 81.4 Å². The van der Waals surface area contributed by atoms with Gasteiger partial charge in [-0.1, -0.05) is 60.7 Å². The molecule has 0 spiro atoms. The van der Waals surface area contributed by atoms with Crippen molar-refractivity contribution in [2.24, 2.45) is 0 Å². The van der Waals surface area contributed by atoms with E-state index in [1.165, 1.54) is 4.90 Å². The normalized spacial score (nSPS) is 11.9. The Morgan fingerprint density at radius 3 is 1.96 bits per heavy atom. The number of carbonyl (C=O) groups is 2. The fraction of sp³-hybridized carbons (Fsp3) is 0.257. The monoisotopic (exact) mass is 631 g/mol. The molecule has 4 rings (SSSR count). The van der Waals surface area contributed by atoms with Gasteiger partial charge in [-0.05, 0) is 80.4 Å². The number of carbonyl (C=O) groups excluding carboxylic acids is 2. The number of nitrogens with zero attached hydrogens (tertiary/aromatic N) is 2. The highest BCUT2D eigenvalue weighted by atomic mass is 32.2. The second kappa shape index (κ2) is 15.3. The SMILES string of the molecule is CCOc1ccc(N(CC(=O)N(Cc2ccccc2)C(Cc2ccccc2)C(=O)NC(C)C)S(=O)(=O)c2ccc(F)cc2)cc1. The van der Waals surface area contributed by atoms with E-state index in [2.05, 4.69) is 5.32 Å². The number of rotatable bonds is 14. The number of benzene rings is 4. The van der Waals surface area contributed by atoms with Crippen LogP contribution in [-0.4, -0.2) is 50.4 Å². The maximum absolute atomic E-state index is 14.4. The van der Waals surface area contributed by atoms with Gasteiger partial charge in [-0.15, -0.1) is 0 Å². The molecule has 0 saturated heterocycles. The minimum Gasteiger partial charge on any atom is -0.494 e. The zero-order chi connectivity index (χ0) is 32.4. The van der Waals surface area contributed by atoms with Crippen LogP contribution in [-0.2, 0) is 32.6 Å². The number of hydrogen-bond acceptors (Lipinski definition) is 5. The fourth-order valence-corrected chi connectivity index (χ4v) is 6.27. The maximum atomic E-state index is 14.4. The molecule has 0 aliphatic carbocycles. The van der Waals surface area contributed by atoms with Gasteiger partial charge in [0.1, 0.15) is 24.2 Å². The summed E-state index contributed by atoms with van der Waals surface area (Å²) in [6, 6.07) is 28.2. The molecule has 1 unspecified atom stereocenters. The average Bonchev–Trinajstić information content (AvgIpc) is 3.03. The van der Waals surface area contributed by atoms with Crippen LogP contribution in [0.25, 0.3) is 0 Å². The zero-order valence-electron chi connectivity index (χ0n) is 25.6. The Balaban J connectivity index is 1.79. The number of ether oxygens (including phenoxy) is 1. The van der Waals surface area contributed by atoms with Crippen LogP contribution >= 0.6 is 0 Å². The molecule has 45 heavy (non-hydrogen) atoms. The smallest absolute Gasteiger partial charge is 0.264 e. The third-order valence-electron chi connectivity index (χ3n) is 7.01. The zero-order valence-corrected chi connectivity index (χ0v) is 26.4. The predicted octanol–water partition coefficient (Wildman–Crippen LogP) is 5.58. The lowest BCUT2D eigenvalue weighted by atomic mass is 10.0. The molecule has 0 heterocycles. The second-order valence-electron chi connectivity index (χ2n) is 10.8. The summed E-state index contributed by atoms with van der Waals surface area (Å²) >= 11 is 0. The molecule has 0 bridgehead atoms. The van der Waals surface area contributed by atoms with E-state index in [9.17, 15) is 22.4 Å². The summed E-state index contributed by atoms with van der Waals surface area (Å²) in [6.07, 6.45) is 0.214. The first-order valence-electron chi connectivity index (χ1n) is 14.8. The van der Waals surface area contributed by atoms with Gasteiger partial charge in [0.2, 0.25) is 11.8 Å². The van der Waals surface area contributed by atoms with Crippen molar-refractivity contribution in [2.45, 2.75) is 50.7 Å². The molecule has 4 aromatic carbocycles. The van der Waals surface area contributed by atoms with Crippen LogP contribution in [0.2, 0.25) is 0 Å². The molecule has 236 valence electrons. The van der Waals surface area contributed by atoms with Gasteiger partial charge in [0.15, 0.2) is 0 Å². The first-order valence-corrected chi connectivity index (χ1v) is 16.2. The molecule has 0 aliphatic heterocycles. The van der Waals surface area contributed by atoms with E-state index in [1.54, 1.807) is 24.3 Å². The molecule has 10 heteroatoms. The van der Waals surface area contributed by atoms with Gasteiger partial charge in [0.05, 0.1) is 17.2 Å². The van der Waals surface area contributed by atoms with Crippen LogP contribution in [0.3, 0.4) is 0 Å². The Bertz CT molecular complexity index is 1650. The summed E-state index contributed by atoms with van der Waals surface area (Å²) in [7, 11) is -4.34. The highest BCUT2D eigenvalue weighted by Gasteiger charge is 2.34. The number of halogens is 1. The molecule has 1 N–H and O–H groups in total. The Morgan fingerprint density at radius 2 is 1.40 bits per heavy atom. The average molecular weight is 632 g/mol. The van der Waals surface area contributed by atoms with Crippen LogP contribution in [0.15, 0.2) is 114 Å². The van der Waals surface area contributed by atoms with Crippen molar-refractivity contribution in [3.8, 4) is 5.75 Å². The maximum Gasteiger partial charge on any atom is 0.264 e. The number of hydrogen-bond donors (Lipinski definition) is 1. The third-order valence-corrected chi connectivity index (χ3v) is 8.80. The molecule has 1 atom stereocenters. The van der Waals surface area contributed by atoms with E-state index in [4.69, 9.17) is 4.74 Å². The van der Waals surface area contributed by atoms with Crippen molar-refractivity contribution in [1.29, 1.82) is 0 Å². The topological polar surface area (TPSA) is 96.0 Å². The lowest BCUT2D eigenvalue weighted by Crippen LogP contribution is -2.54. The molecule has 4 aromatic rings. The third kappa shape index (κ3) is 8.92. The molecule has 0 fully saturated rings. The van der Waals surface area contributed by atoms with E-state index >= 15 is 0 Å². The largest absolute Gasteiger partial charge is 0.494 e. The first kappa shape index (κ1) is 33.2. The molecule has 0 radical (unpaired) electrons. The van der Waals surface area contributed by atoms with Crippen LogP contribution in [0.4, 0.5) is 10.1 Å². The molecule has 8 nitrogen and oxygen atoms in total. The summed E-state index contributed by atoms with van der Waals surface area (Å²) in [5.41, 5.74) is 1.83. The molecular weight excluding hydrogens is 593 g/mol. The first-order chi connectivity index (χ1) is 21.6. The van der Waals surface area contributed by atoms with Crippen molar-refractivity contribution in [1.82, 2.24) is 10.2 Å². The summed E-state index contributed by atoms with van der Waals surface area (Å²) < 4.78 is 48.3. The van der Waals surface area contributed by atoms with Gasteiger partial charge in [-0.2, -0.15) is 0 Å².